The Labute approximate surface area is 108 Å². The maximum Gasteiger partial charge on any atom is 0.165 e. The molecule has 1 aromatic rings. The van der Waals surface area contributed by atoms with Gasteiger partial charge in [0.25, 0.3) is 0 Å². The van der Waals surface area contributed by atoms with E-state index in [1.807, 2.05) is 12.1 Å². The first-order valence-corrected chi connectivity index (χ1v) is 6.71. The van der Waals surface area contributed by atoms with Crippen molar-refractivity contribution in [3.63, 3.8) is 0 Å². The van der Waals surface area contributed by atoms with Crippen molar-refractivity contribution in [3.8, 4) is 11.5 Å². The van der Waals surface area contributed by atoms with E-state index in [0.717, 1.165) is 37.2 Å². The molecule has 98 valence electrons. The van der Waals surface area contributed by atoms with Crippen LogP contribution in [-0.2, 0) is 6.42 Å². The van der Waals surface area contributed by atoms with Crippen molar-refractivity contribution in [2.45, 2.75) is 57.3 Å². The highest BCUT2D eigenvalue weighted by molar-refractivity contribution is 5.50. The summed E-state index contributed by atoms with van der Waals surface area (Å²) in [5.41, 5.74) is 1.04. The van der Waals surface area contributed by atoms with E-state index in [0.29, 0.717) is 0 Å². The second-order valence-electron chi connectivity index (χ2n) is 5.94. The summed E-state index contributed by atoms with van der Waals surface area (Å²) in [7, 11) is 0. The Hall–Kier alpha value is -1.22. The lowest BCUT2D eigenvalue weighted by atomic mass is 10.0. The number of fused-ring (bicyclic) bond motifs is 1. The number of hydrogen-bond acceptors (Lipinski definition) is 3. The third kappa shape index (κ3) is 2.07. The van der Waals surface area contributed by atoms with Crippen LogP contribution in [0, 0.1) is 0 Å². The molecule has 0 spiro atoms. The summed E-state index contributed by atoms with van der Waals surface area (Å²) in [5.74, 6) is 1.64. The molecule has 1 fully saturated rings. The molecule has 2 atom stereocenters. The standard InChI is InChI=1S/C15H20O3/c1-15(2)9-10-5-3-8-13(14(10)18-15)17-12-7-4-6-11(12)16/h3,5,8,11-12,16H,4,6-7,9H2,1-2H3/t11-,12-/m0/s1. The summed E-state index contributed by atoms with van der Waals surface area (Å²) in [4.78, 5) is 0. The highest BCUT2D eigenvalue weighted by Crippen LogP contribution is 2.42. The van der Waals surface area contributed by atoms with Crippen LogP contribution in [0.3, 0.4) is 0 Å². The molecule has 3 rings (SSSR count). The van der Waals surface area contributed by atoms with E-state index in [-0.39, 0.29) is 17.8 Å². The first kappa shape index (κ1) is 11.8. The third-order valence-corrected chi connectivity index (χ3v) is 3.75. The Bertz CT molecular complexity index is 453. The van der Waals surface area contributed by atoms with Crippen molar-refractivity contribution in [2.24, 2.45) is 0 Å². The molecule has 1 N–H and O–H groups in total. The van der Waals surface area contributed by atoms with Crippen molar-refractivity contribution < 1.29 is 14.6 Å². The van der Waals surface area contributed by atoms with Crippen molar-refractivity contribution in [1.29, 1.82) is 0 Å². The van der Waals surface area contributed by atoms with Crippen LogP contribution < -0.4 is 9.47 Å². The van der Waals surface area contributed by atoms with Crippen LogP contribution in [0.2, 0.25) is 0 Å². The highest BCUT2D eigenvalue weighted by atomic mass is 16.5. The first-order chi connectivity index (χ1) is 8.55. The Kier molecular flexibility index (Phi) is 2.74. The van der Waals surface area contributed by atoms with Gasteiger partial charge >= 0.3 is 0 Å². The van der Waals surface area contributed by atoms with Crippen molar-refractivity contribution in [3.05, 3.63) is 23.8 Å². The summed E-state index contributed by atoms with van der Waals surface area (Å²) in [6, 6.07) is 6.02. The molecule has 2 aliphatic rings. The maximum atomic E-state index is 9.84. The SMILES string of the molecule is CC1(C)Cc2cccc(O[C@H]3CCC[C@@H]3O)c2O1. The molecule has 0 amide bonds. The largest absolute Gasteiger partial charge is 0.484 e. The molecule has 18 heavy (non-hydrogen) atoms. The lowest BCUT2D eigenvalue weighted by molar-refractivity contribution is 0.0551. The van der Waals surface area contributed by atoms with Gasteiger partial charge in [-0.25, -0.2) is 0 Å². The lowest BCUT2D eigenvalue weighted by Crippen LogP contribution is -2.27. The van der Waals surface area contributed by atoms with E-state index < -0.39 is 0 Å². The Morgan fingerprint density at radius 1 is 1.33 bits per heavy atom. The van der Waals surface area contributed by atoms with Gasteiger partial charge in [0, 0.05) is 12.0 Å². The number of aliphatic hydroxyl groups is 1. The monoisotopic (exact) mass is 248 g/mol. The predicted octanol–water partition coefficient (Wildman–Crippen LogP) is 2.69. The summed E-state index contributed by atoms with van der Waals surface area (Å²) < 4.78 is 11.9. The molecule has 0 bridgehead atoms. The van der Waals surface area contributed by atoms with Gasteiger partial charge in [0.15, 0.2) is 11.5 Å². The first-order valence-electron chi connectivity index (χ1n) is 6.71. The summed E-state index contributed by atoms with van der Waals surface area (Å²) in [5, 5.41) is 9.84. The van der Waals surface area contributed by atoms with Crippen LogP contribution in [0.15, 0.2) is 18.2 Å². The quantitative estimate of drug-likeness (QED) is 0.874. The minimum absolute atomic E-state index is 0.0798. The van der Waals surface area contributed by atoms with Gasteiger partial charge in [-0.05, 0) is 39.2 Å². The van der Waals surface area contributed by atoms with E-state index in [2.05, 4.69) is 19.9 Å². The molecule has 0 saturated heterocycles. The topological polar surface area (TPSA) is 38.7 Å². The molecule has 0 unspecified atom stereocenters. The number of ether oxygens (including phenoxy) is 2. The molecule has 1 saturated carbocycles. The van der Waals surface area contributed by atoms with Crippen LogP contribution >= 0.6 is 0 Å². The number of aliphatic hydroxyl groups excluding tert-OH is 1. The molecule has 3 nitrogen and oxygen atoms in total. The second kappa shape index (κ2) is 4.16. The molecule has 0 radical (unpaired) electrons. The van der Waals surface area contributed by atoms with Gasteiger partial charge in [-0.3, -0.25) is 0 Å². The minimum atomic E-state index is -0.338. The van der Waals surface area contributed by atoms with Gasteiger partial charge in [0.2, 0.25) is 0 Å². The second-order valence-corrected chi connectivity index (χ2v) is 5.94. The average molecular weight is 248 g/mol. The Morgan fingerprint density at radius 2 is 2.17 bits per heavy atom. The Morgan fingerprint density at radius 3 is 2.89 bits per heavy atom. The van der Waals surface area contributed by atoms with E-state index in [1.165, 1.54) is 5.56 Å². The summed E-state index contributed by atoms with van der Waals surface area (Å²) in [6.45, 7) is 4.17. The van der Waals surface area contributed by atoms with Crippen LogP contribution in [0.4, 0.5) is 0 Å². The van der Waals surface area contributed by atoms with Crippen molar-refractivity contribution in [2.75, 3.05) is 0 Å². The van der Waals surface area contributed by atoms with Crippen molar-refractivity contribution >= 4 is 0 Å². The fourth-order valence-electron chi connectivity index (χ4n) is 2.89. The van der Waals surface area contributed by atoms with Crippen LogP contribution in [0.5, 0.6) is 11.5 Å². The molecule has 1 aromatic carbocycles. The van der Waals surface area contributed by atoms with E-state index in [9.17, 15) is 5.11 Å². The third-order valence-electron chi connectivity index (χ3n) is 3.75. The highest BCUT2D eigenvalue weighted by Gasteiger charge is 2.34. The van der Waals surface area contributed by atoms with Crippen molar-refractivity contribution in [1.82, 2.24) is 0 Å². The zero-order valence-electron chi connectivity index (χ0n) is 11.0. The van der Waals surface area contributed by atoms with E-state index >= 15 is 0 Å². The summed E-state index contributed by atoms with van der Waals surface area (Å²) in [6.07, 6.45) is 3.29. The number of hydrogen-bond donors (Lipinski definition) is 1. The molecule has 1 aliphatic carbocycles. The smallest absolute Gasteiger partial charge is 0.165 e. The predicted molar refractivity (Wildman–Crippen MR) is 69.1 cm³/mol. The lowest BCUT2D eigenvalue weighted by Gasteiger charge is -2.21. The van der Waals surface area contributed by atoms with Gasteiger partial charge in [-0.15, -0.1) is 0 Å². The molecular weight excluding hydrogens is 228 g/mol. The van der Waals surface area contributed by atoms with Gasteiger partial charge in [-0.1, -0.05) is 12.1 Å². The van der Waals surface area contributed by atoms with Crippen LogP contribution in [0.25, 0.3) is 0 Å². The van der Waals surface area contributed by atoms with Crippen LogP contribution in [-0.4, -0.2) is 22.9 Å². The fraction of sp³-hybridized carbons (Fsp3) is 0.600. The normalized spacial score (nSPS) is 28.8. The van der Waals surface area contributed by atoms with Gasteiger partial charge in [0.05, 0.1) is 6.10 Å². The maximum absolute atomic E-state index is 9.84. The average Bonchev–Trinajstić information content (AvgIpc) is 2.82. The molecular formula is C15H20O3. The number of rotatable bonds is 2. The zero-order valence-corrected chi connectivity index (χ0v) is 11.0. The number of benzene rings is 1. The van der Waals surface area contributed by atoms with E-state index in [4.69, 9.17) is 9.47 Å². The fourth-order valence-corrected chi connectivity index (χ4v) is 2.89. The van der Waals surface area contributed by atoms with Gasteiger partial charge < -0.3 is 14.6 Å². The summed E-state index contributed by atoms with van der Waals surface area (Å²) >= 11 is 0. The molecule has 0 aromatic heterocycles. The molecule has 1 heterocycles. The van der Waals surface area contributed by atoms with Gasteiger partial charge in [0.1, 0.15) is 11.7 Å². The minimum Gasteiger partial charge on any atom is -0.484 e. The molecule has 1 aliphatic heterocycles. The zero-order chi connectivity index (χ0) is 12.8. The van der Waals surface area contributed by atoms with E-state index in [1.54, 1.807) is 0 Å². The number of para-hydroxylation sites is 1. The molecule has 3 heteroatoms. The van der Waals surface area contributed by atoms with Crippen LogP contribution in [0.1, 0.15) is 38.7 Å². The Balaban J connectivity index is 1.84. The van der Waals surface area contributed by atoms with Gasteiger partial charge in [-0.2, -0.15) is 0 Å².